The van der Waals surface area contributed by atoms with E-state index in [1.54, 1.807) is 7.11 Å². The number of amides is 1. The molecule has 1 aromatic carbocycles. The third kappa shape index (κ3) is 2.68. The van der Waals surface area contributed by atoms with Crippen LogP contribution in [0.15, 0.2) is 12.1 Å². The second-order valence-corrected chi connectivity index (χ2v) is 4.48. The van der Waals surface area contributed by atoms with Crippen molar-refractivity contribution in [3.05, 3.63) is 29.3 Å². The first-order valence-electron chi connectivity index (χ1n) is 6.03. The van der Waals surface area contributed by atoms with Gasteiger partial charge in [-0.25, -0.2) is 8.78 Å². The van der Waals surface area contributed by atoms with Crippen molar-refractivity contribution in [1.29, 1.82) is 0 Å². The largest absolute Gasteiger partial charge is 0.505 e. The first-order chi connectivity index (χ1) is 9.04. The van der Waals surface area contributed by atoms with Gasteiger partial charge in [-0.3, -0.25) is 4.79 Å². The number of hydrogen-bond donors (Lipinski definition) is 1. The Bertz CT molecular complexity index is 485. The average Bonchev–Trinajstić information content (AvgIpc) is 2.43. The number of phenolic OH excluding ortho intramolecular Hbond substituents is 1. The van der Waals surface area contributed by atoms with Crippen LogP contribution in [0.1, 0.15) is 23.2 Å². The number of phenols is 1. The van der Waals surface area contributed by atoms with Crippen LogP contribution in [0.3, 0.4) is 0 Å². The lowest BCUT2D eigenvalue weighted by Crippen LogP contribution is -2.41. The van der Waals surface area contributed by atoms with Crippen molar-refractivity contribution < 1.29 is 23.4 Å². The Morgan fingerprint density at radius 1 is 1.37 bits per heavy atom. The molecule has 0 bridgehead atoms. The molecule has 1 aliphatic heterocycles. The molecule has 104 valence electrons. The van der Waals surface area contributed by atoms with Crippen LogP contribution < -0.4 is 0 Å². The number of carbonyl (C=O) groups excluding carboxylic acids is 1. The van der Waals surface area contributed by atoms with E-state index < -0.39 is 28.9 Å². The third-order valence-electron chi connectivity index (χ3n) is 3.35. The Balaban J connectivity index is 2.19. The summed E-state index contributed by atoms with van der Waals surface area (Å²) in [5.74, 6) is -3.63. The number of nitrogens with zero attached hydrogens (tertiary/aromatic N) is 1. The number of rotatable bonds is 2. The summed E-state index contributed by atoms with van der Waals surface area (Å²) >= 11 is 0. The quantitative estimate of drug-likeness (QED) is 0.894. The molecular formula is C13H15F2NO3. The minimum Gasteiger partial charge on any atom is -0.505 e. The van der Waals surface area contributed by atoms with Gasteiger partial charge in [0.2, 0.25) is 0 Å². The lowest BCUT2D eigenvalue weighted by molar-refractivity contribution is 0.0345. The second kappa shape index (κ2) is 5.52. The predicted molar refractivity (Wildman–Crippen MR) is 64.0 cm³/mol. The van der Waals surface area contributed by atoms with Crippen molar-refractivity contribution in [3.8, 4) is 5.75 Å². The molecule has 0 saturated carbocycles. The summed E-state index contributed by atoms with van der Waals surface area (Å²) in [5.41, 5.74) is -0.698. The highest BCUT2D eigenvalue weighted by atomic mass is 19.1. The van der Waals surface area contributed by atoms with Gasteiger partial charge in [0.05, 0.1) is 6.10 Å². The summed E-state index contributed by atoms with van der Waals surface area (Å²) in [7, 11) is 1.59. The molecule has 1 heterocycles. The molecule has 2 rings (SSSR count). The lowest BCUT2D eigenvalue weighted by Gasteiger charge is -2.31. The molecule has 0 radical (unpaired) electrons. The Morgan fingerprint density at radius 2 is 2.00 bits per heavy atom. The maximum absolute atomic E-state index is 13.6. The standard InChI is InChI=1S/C13H15F2NO3/c1-19-8-4-6-16(7-5-8)13(18)11-9(14)2-3-10(17)12(11)15/h2-3,8,17H,4-7H2,1H3. The van der Waals surface area contributed by atoms with Gasteiger partial charge in [-0.1, -0.05) is 0 Å². The van der Waals surface area contributed by atoms with Crippen LogP contribution in [0, 0.1) is 11.6 Å². The zero-order valence-electron chi connectivity index (χ0n) is 10.5. The molecule has 1 saturated heterocycles. The smallest absolute Gasteiger partial charge is 0.259 e. The van der Waals surface area contributed by atoms with Gasteiger partial charge < -0.3 is 14.7 Å². The van der Waals surface area contributed by atoms with Crippen molar-refractivity contribution in [1.82, 2.24) is 4.90 Å². The summed E-state index contributed by atoms with van der Waals surface area (Å²) in [6, 6.07) is 1.77. The Morgan fingerprint density at radius 3 is 2.58 bits per heavy atom. The highest BCUT2D eigenvalue weighted by Gasteiger charge is 2.28. The van der Waals surface area contributed by atoms with Gasteiger partial charge >= 0.3 is 0 Å². The number of methoxy groups -OCH3 is 1. The molecule has 1 N–H and O–H groups in total. The van der Waals surface area contributed by atoms with E-state index in [2.05, 4.69) is 0 Å². The fourth-order valence-electron chi connectivity index (χ4n) is 2.19. The minimum absolute atomic E-state index is 0.0721. The minimum atomic E-state index is -1.21. The fourth-order valence-corrected chi connectivity index (χ4v) is 2.19. The van der Waals surface area contributed by atoms with Gasteiger partial charge in [0.25, 0.3) is 5.91 Å². The fraction of sp³-hybridized carbons (Fsp3) is 0.462. The van der Waals surface area contributed by atoms with Crippen LogP contribution in [-0.2, 0) is 4.74 Å². The number of carbonyl (C=O) groups is 1. The Hall–Kier alpha value is -1.69. The molecule has 0 atom stereocenters. The third-order valence-corrected chi connectivity index (χ3v) is 3.35. The monoisotopic (exact) mass is 271 g/mol. The van der Waals surface area contributed by atoms with Crippen LogP contribution in [0.2, 0.25) is 0 Å². The van der Waals surface area contributed by atoms with Crippen LogP contribution in [0.5, 0.6) is 5.75 Å². The molecule has 1 amide bonds. The van der Waals surface area contributed by atoms with Gasteiger partial charge in [-0.15, -0.1) is 0 Å². The molecule has 1 aliphatic rings. The van der Waals surface area contributed by atoms with Gasteiger partial charge in [-0.05, 0) is 25.0 Å². The number of piperidine rings is 1. The van der Waals surface area contributed by atoms with E-state index in [0.717, 1.165) is 12.1 Å². The van der Waals surface area contributed by atoms with E-state index in [0.29, 0.717) is 25.9 Å². The molecular weight excluding hydrogens is 256 g/mol. The van der Waals surface area contributed by atoms with Crippen molar-refractivity contribution in [2.45, 2.75) is 18.9 Å². The first-order valence-corrected chi connectivity index (χ1v) is 6.03. The average molecular weight is 271 g/mol. The molecule has 0 aliphatic carbocycles. The van der Waals surface area contributed by atoms with Crippen LogP contribution in [-0.4, -0.2) is 42.2 Å². The molecule has 1 aromatic rings. The lowest BCUT2D eigenvalue weighted by atomic mass is 10.1. The maximum atomic E-state index is 13.6. The van der Waals surface area contributed by atoms with Crippen molar-refractivity contribution >= 4 is 5.91 Å². The van der Waals surface area contributed by atoms with E-state index >= 15 is 0 Å². The number of aromatic hydroxyl groups is 1. The van der Waals surface area contributed by atoms with E-state index in [1.807, 2.05) is 0 Å². The van der Waals surface area contributed by atoms with Crippen LogP contribution in [0.4, 0.5) is 8.78 Å². The number of benzene rings is 1. The summed E-state index contributed by atoms with van der Waals surface area (Å²) in [4.78, 5) is 13.5. The van der Waals surface area contributed by atoms with Gasteiger partial charge in [0.1, 0.15) is 11.4 Å². The van der Waals surface area contributed by atoms with E-state index in [1.165, 1.54) is 4.90 Å². The number of halogens is 2. The summed E-state index contributed by atoms with van der Waals surface area (Å²) in [5, 5.41) is 9.22. The SMILES string of the molecule is COC1CCN(C(=O)c2c(F)ccc(O)c2F)CC1. The van der Waals surface area contributed by atoms with Gasteiger partial charge in [0.15, 0.2) is 11.6 Å². The molecule has 0 unspecified atom stereocenters. The molecule has 6 heteroatoms. The second-order valence-electron chi connectivity index (χ2n) is 4.48. The zero-order chi connectivity index (χ0) is 14.0. The number of hydrogen-bond acceptors (Lipinski definition) is 3. The van der Waals surface area contributed by atoms with Gasteiger partial charge in [-0.2, -0.15) is 0 Å². The normalized spacial score (nSPS) is 16.7. The molecule has 1 fully saturated rings. The van der Waals surface area contributed by atoms with E-state index in [-0.39, 0.29) is 6.10 Å². The summed E-state index contributed by atoms with van der Waals surface area (Å²) in [6.07, 6.45) is 1.33. The van der Waals surface area contributed by atoms with E-state index in [4.69, 9.17) is 4.74 Å². The van der Waals surface area contributed by atoms with Crippen molar-refractivity contribution in [3.63, 3.8) is 0 Å². The topological polar surface area (TPSA) is 49.8 Å². The highest BCUT2D eigenvalue weighted by Crippen LogP contribution is 2.24. The Kier molecular flexibility index (Phi) is 3.99. The van der Waals surface area contributed by atoms with Gasteiger partial charge in [0, 0.05) is 20.2 Å². The van der Waals surface area contributed by atoms with E-state index in [9.17, 15) is 18.7 Å². The number of ether oxygens (including phenoxy) is 1. The zero-order valence-corrected chi connectivity index (χ0v) is 10.5. The predicted octanol–water partition coefficient (Wildman–Crippen LogP) is 1.92. The van der Waals surface area contributed by atoms with Crippen LogP contribution in [0.25, 0.3) is 0 Å². The van der Waals surface area contributed by atoms with Crippen molar-refractivity contribution in [2.75, 3.05) is 20.2 Å². The molecule has 4 nitrogen and oxygen atoms in total. The van der Waals surface area contributed by atoms with Crippen molar-refractivity contribution in [2.24, 2.45) is 0 Å². The first kappa shape index (κ1) is 13.7. The Labute approximate surface area is 109 Å². The summed E-state index contributed by atoms with van der Waals surface area (Å²) in [6.45, 7) is 0.762. The number of likely N-dealkylation sites (tertiary alicyclic amines) is 1. The summed E-state index contributed by atoms with van der Waals surface area (Å²) < 4.78 is 32.4. The van der Waals surface area contributed by atoms with Crippen LogP contribution >= 0.6 is 0 Å². The maximum Gasteiger partial charge on any atom is 0.259 e. The highest BCUT2D eigenvalue weighted by molar-refractivity contribution is 5.95. The molecule has 0 spiro atoms. The molecule has 19 heavy (non-hydrogen) atoms. The molecule has 0 aromatic heterocycles.